The molecular weight excluding hydrogens is 382 g/mol. The summed E-state index contributed by atoms with van der Waals surface area (Å²) in [4.78, 5) is 30.9. The lowest BCUT2D eigenvalue weighted by atomic mass is 10.1. The smallest absolute Gasteiger partial charge is 0.325 e. The molecule has 1 aromatic carbocycles. The van der Waals surface area contributed by atoms with E-state index >= 15 is 0 Å². The number of sulfonamides is 1. The SMILES string of the molecule is CCCS(=O)(=O)NCc1ccc(Cn2c(=O)[nH]c(=O)c3c2ncn3CC)cc1. The van der Waals surface area contributed by atoms with Crippen LogP contribution in [0.1, 0.15) is 31.4 Å². The summed E-state index contributed by atoms with van der Waals surface area (Å²) in [5, 5.41) is 0. The number of imidazole rings is 1. The van der Waals surface area contributed by atoms with Crippen LogP contribution in [0.4, 0.5) is 0 Å². The van der Waals surface area contributed by atoms with Crippen LogP contribution in [0.25, 0.3) is 11.2 Å². The summed E-state index contributed by atoms with van der Waals surface area (Å²) in [5.74, 6) is 0.0978. The van der Waals surface area contributed by atoms with Gasteiger partial charge in [0.1, 0.15) is 0 Å². The molecule has 28 heavy (non-hydrogen) atoms. The highest BCUT2D eigenvalue weighted by molar-refractivity contribution is 7.89. The normalized spacial score (nSPS) is 11.9. The van der Waals surface area contributed by atoms with Gasteiger partial charge in [0.05, 0.1) is 18.6 Å². The molecular formula is C18H23N5O4S. The van der Waals surface area contributed by atoms with Crippen molar-refractivity contribution in [1.29, 1.82) is 0 Å². The molecule has 3 aromatic rings. The molecule has 2 heterocycles. The van der Waals surface area contributed by atoms with E-state index in [-0.39, 0.29) is 18.8 Å². The molecule has 0 fully saturated rings. The van der Waals surface area contributed by atoms with Crippen LogP contribution in [0, 0.1) is 0 Å². The fourth-order valence-corrected chi connectivity index (χ4v) is 4.06. The quantitative estimate of drug-likeness (QED) is 0.574. The second-order valence-corrected chi connectivity index (χ2v) is 8.43. The van der Waals surface area contributed by atoms with E-state index in [1.807, 2.05) is 38.1 Å². The summed E-state index contributed by atoms with van der Waals surface area (Å²) in [6, 6.07) is 7.26. The van der Waals surface area contributed by atoms with Crippen LogP contribution in [0.15, 0.2) is 40.2 Å². The van der Waals surface area contributed by atoms with E-state index < -0.39 is 21.3 Å². The van der Waals surface area contributed by atoms with Crippen molar-refractivity contribution >= 4 is 21.2 Å². The van der Waals surface area contributed by atoms with Crippen molar-refractivity contribution in [2.75, 3.05) is 5.75 Å². The topological polar surface area (TPSA) is 119 Å². The van der Waals surface area contributed by atoms with Gasteiger partial charge in [-0.05, 0) is 24.5 Å². The molecule has 0 aliphatic carbocycles. The van der Waals surface area contributed by atoms with Crippen LogP contribution in [0.5, 0.6) is 0 Å². The lowest BCUT2D eigenvalue weighted by Gasteiger charge is -2.09. The second kappa shape index (κ2) is 8.11. The molecule has 2 N–H and O–H groups in total. The second-order valence-electron chi connectivity index (χ2n) is 6.50. The Morgan fingerprint density at radius 3 is 2.43 bits per heavy atom. The number of rotatable bonds is 8. The highest BCUT2D eigenvalue weighted by Crippen LogP contribution is 2.10. The Morgan fingerprint density at radius 2 is 1.79 bits per heavy atom. The van der Waals surface area contributed by atoms with Crippen LogP contribution in [0.2, 0.25) is 0 Å². The third-order valence-corrected chi connectivity index (χ3v) is 5.96. The Balaban J connectivity index is 1.82. The van der Waals surface area contributed by atoms with Gasteiger partial charge in [0.25, 0.3) is 5.56 Å². The average Bonchev–Trinajstić information content (AvgIpc) is 3.09. The highest BCUT2D eigenvalue weighted by Gasteiger charge is 2.13. The van der Waals surface area contributed by atoms with E-state index in [2.05, 4.69) is 14.7 Å². The molecule has 0 unspecified atom stereocenters. The van der Waals surface area contributed by atoms with Gasteiger partial charge in [-0.1, -0.05) is 31.2 Å². The van der Waals surface area contributed by atoms with E-state index in [0.29, 0.717) is 24.1 Å². The molecule has 0 amide bonds. The van der Waals surface area contributed by atoms with Crippen LogP contribution in [0.3, 0.4) is 0 Å². The Hall–Kier alpha value is -2.72. The van der Waals surface area contributed by atoms with Gasteiger partial charge in [-0.3, -0.25) is 14.3 Å². The van der Waals surface area contributed by atoms with Gasteiger partial charge < -0.3 is 4.57 Å². The van der Waals surface area contributed by atoms with Gasteiger partial charge >= 0.3 is 5.69 Å². The molecule has 0 bridgehead atoms. The molecule has 0 saturated carbocycles. The Labute approximate surface area is 162 Å². The minimum absolute atomic E-state index is 0.0978. The monoisotopic (exact) mass is 405 g/mol. The molecule has 9 nitrogen and oxygen atoms in total. The summed E-state index contributed by atoms with van der Waals surface area (Å²) in [5.41, 5.74) is 1.39. The predicted octanol–water partition coefficient (Wildman–Crippen LogP) is 0.784. The Morgan fingerprint density at radius 1 is 1.11 bits per heavy atom. The summed E-state index contributed by atoms with van der Waals surface area (Å²) in [7, 11) is -3.26. The van der Waals surface area contributed by atoms with Crippen molar-refractivity contribution in [1.82, 2.24) is 23.8 Å². The molecule has 10 heteroatoms. The van der Waals surface area contributed by atoms with E-state index in [4.69, 9.17) is 0 Å². The first kappa shape index (κ1) is 20.0. The van der Waals surface area contributed by atoms with Crippen LogP contribution >= 0.6 is 0 Å². The summed E-state index contributed by atoms with van der Waals surface area (Å²) >= 11 is 0. The molecule has 0 aliphatic rings. The lowest BCUT2D eigenvalue weighted by molar-refractivity contribution is 0.580. The first-order chi connectivity index (χ1) is 13.3. The van der Waals surface area contributed by atoms with Crippen molar-refractivity contribution in [3.63, 3.8) is 0 Å². The fourth-order valence-electron chi connectivity index (χ4n) is 2.99. The van der Waals surface area contributed by atoms with Gasteiger partial charge in [-0.15, -0.1) is 0 Å². The average molecular weight is 405 g/mol. The molecule has 2 aromatic heterocycles. The predicted molar refractivity (Wildman–Crippen MR) is 107 cm³/mol. The Bertz CT molecular complexity index is 1190. The number of hydrogen-bond donors (Lipinski definition) is 2. The van der Waals surface area contributed by atoms with Gasteiger partial charge in [0.15, 0.2) is 11.2 Å². The largest absolute Gasteiger partial charge is 0.330 e. The first-order valence-electron chi connectivity index (χ1n) is 9.07. The van der Waals surface area contributed by atoms with Crippen molar-refractivity contribution in [2.45, 2.75) is 39.9 Å². The molecule has 0 spiro atoms. The Kier molecular flexibility index (Phi) is 5.80. The molecule has 0 atom stereocenters. The third kappa shape index (κ3) is 4.23. The standard InChI is InChI=1S/C18H23N5O4S/c1-3-9-28(26,27)20-10-13-5-7-14(8-6-13)11-23-16-15(17(24)21-18(23)25)22(4-2)12-19-16/h5-8,12,20H,3-4,9-11H2,1-2H3,(H,21,24,25). The number of aromatic nitrogens is 4. The van der Waals surface area contributed by atoms with Crippen molar-refractivity contribution in [2.24, 2.45) is 0 Å². The number of hydrogen-bond acceptors (Lipinski definition) is 5. The van der Waals surface area contributed by atoms with Crippen LogP contribution < -0.4 is 16.0 Å². The highest BCUT2D eigenvalue weighted by atomic mass is 32.2. The first-order valence-corrected chi connectivity index (χ1v) is 10.7. The third-order valence-electron chi connectivity index (χ3n) is 4.43. The van der Waals surface area contributed by atoms with E-state index in [1.54, 1.807) is 10.9 Å². The number of H-pyrrole nitrogens is 1. The number of nitrogens with one attached hydrogen (secondary N) is 2. The zero-order valence-electron chi connectivity index (χ0n) is 15.8. The fraction of sp³-hybridized carbons (Fsp3) is 0.389. The van der Waals surface area contributed by atoms with Crippen molar-refractivity contribution < 1.29 is 8.42 Å². The zero-order chi connectivity index (χ0) is 20.3. The summed E-state index contributed by atoms with van der Waals surface area (Å²) in [6.07, 6.45) is 2.10. The summed E-state index contributed by atoms with van der Waals surface area (Å²) < 4.78 is 29.1. The minimum Gasteiger partial charge on any atom is -0.325 e. The van der Waals surface area contributed by atoms with Crippen molar-refractivity contribution in [3.8, 4) is 0 Å². The van der Waals surface area contributed by atoms with Gasteiger partial charge in [-0.25, -0.2) is 22.9 Å². The van der Waals surface area contributed by atoms with Gasteiger partial charge in [0, 0.05) is 13.1 Å². The van der Waals surface area contributed by atoms with E-state index in [1.165, 1.54) is 4.57 Å². The van der Waals surface area contributed by atoms with Gasteiger partial charge in [0.2, 0.25) is 10.0 Å². The molecule has 150 valence electrons. The zero-order valence-corrected chi connectivity index (χ0v) is 16.6. The number of fused-ring (bicyclic) bond motifs is 1. The van der Waals surface area contributed by atoms with E-state index in [9.17, 15) is 18.0 Å². The minimum atomic E-state index is -3.26. The van der Waals surface area contributed by atoms with Crippen molar-refractivity contribution in [3.05, 3.63) is 62.6 Å². The maximum absolute atomic E-state index is 12.3. The number of nitrogens with zero attached hydrogens (tertiary/aromatic N) is 3. The maximum Gasteiger partial charge on any atom is 0.330 e. The van der Waals surface area contributed by atoms with Crippen LogP contribution in [-0.4, -0.2) is 33.3 Å². The summed E-state index contributed by atoms with van der Waals surface area (Å²) in [6.45, 7) is 4.73. The van der Waals surface area contributed by atoms with Gasteiger partial charge in [-0.2, -0.15) is 0 Å². The molecule has 0 saturated heterocycles. The number of aryl methyl sites for hydroxylation is 1. The number of aromatic amines is 1. The van der Waals surface area contributed by atoms with Crippen LogP contribution in [-0.2, 0) is 29.7 Å². The number of benzene rings is 1. The molecule has 0 radical (unpaired) electrons. The van der Waals surface area contributed by atoms with E-state index in [0.717, 1.165) is 11.1 Å². The molecule has 3 rings (SSSR count). The maximum atomic E-state index is 12.3. The molecule has 0 aliphatic heterocycles. The lowest BCUT2D eigenvalue weighted by Crippen LogP contribution is -2.31.